The van der Waals surface area contributed by atoms with E-state index in [0.717, 1.165) is 30.7 Å². The standard InChI is InChI=1S/C19H15BrClNOS/c1-12-3-8-18(13(2)9-12)22-11-15-10-17(20)19(23-15)24-16-6-4-14(21)5-7-16/h3-11H,1-2H3. The van der Waals surface area contributed by atoms with Crippen LogP contribution in [-0.4, -0.2) is 6.21 Å². The predicted octanol–water partition coefficient (Wildman–Crippen LogP) is 7.21. The average Bonchev–Trinajstić information content (AvgIpc) is 2.89. The van der Waals surface area contributed by atoms with Gasteiger partial charge in [-0.05, 0) is 65.7 Å². The van der Waals surface area contributed by atoms with E-state index < -0.39 is 0 Å². The van der Waals surface area contributed by atoms with Crippen LogP contribution in [0, 0.1) is 13.8 Å². The van der Waals surface area contributed by atoms with Gasteiger partial charge in [-0.25, -0.2) is 0 Å². The van der Waals surface area contributed by atoms with Crippen molar-refractivity contribution >= 4 is 51.2 Å². The van der Waals surface area contributed by atoms with Gasteiger partial charge in [-0.2, -0.15) is 0 Å². The van der Waals surface area contributed by atoms with Crippen LogP contribution in [0.3, 0.4) is 0 Å². The van der Waals surface area contributed by atoms with Crippen LogP contribution in [0.4, 0.5) is 5.69 Å². The second-order valence-electron chi connectivity index (χ2n) is 5.39. The maximum atomic E-state index is 5.91. The molecule has 2 nitrogen and oxygen atoms in total. The number of hydrogen-bond donors (Lipinski definition) is 0. The van der Waals surface area contributed by atoms with Crippen molar-refractivity contribution in [2.75, 3.05) is 0 Å². The van der Waals surface area contributed by atoms with Crippen LogP contribution >= 0.6 is 39.3 Å². The van der Waals surface area contributed by atoms with Gasteiger partial charge in [-0.3, -0.25) is 4.99 Å². The summed E-state index contributed by atoms with van der Waals surface area (Å²) in [5, 5.41) is 1.51. The summed E-state index contributed by atoms with van der Waals surface area (Å²) in [6, 6.07) is 15.8. The molecule has 0 aliphatic rings. The molecule has 2 aromatic carbocycles. The Morgan fingerprint density at radius 1 is 1.08 bits per heavy atom. The van der Waals surface area contributed by atoms with Gasteiger partial charge < -0.3 is 4.42 Å². The summed E-state index contributed by atoms with van der Waals surface area (Å²) in [5.74, 6) is 0.707. The summed E-state index contributed by atoms with van der Waals surface area (Å²) in [4.78, 5) is 5.59. The van der Waals surface area contributed by atoms with E-state index in [-0.39, 0.29) is 0 Å². The van der Waals surface area contributed by atoms with Gasteiger partial charge in [0.1, 0.15) is 5.76 Å². The number of hydrogen-bond acceptors (Lipinski definition) is 3. The Labute approximate surface area is 159 Å². The normalized spacial score (nSPS) is 11.3. The van der Waals surface area contributed by atoms with Gasteiger partial charge in [0.05, 0.1) is 16.4 Å². The second kappa shape index (κ2) is 7.60. The monoisotopic (exact) mass is 419 g/mol. The van der Waals surface area contributed by atoms with E-state index in [0.29, 0.717) is 5.76 Å². The summed E-state index contributed by atoms with van der Waals surface area (Å²) in [5.41, 5.74) is 3.32. The third kappa shape index (κ3) is 4.32. The molecule has 122 valence electrons. The molecule has 0 unspecified atom stereocenters. The fourth-order valence-electron chi connectivity index (χ4n) is 2.20. The van der Waals surface area contributed by atoms with E-state index in [4.69, 9.17) is 16.0 Å². The van der Waals surface area contributed by atoms with E-state index >= 15 is 0 Å². The third-order valence-corrected chi connectivity index (χ3v) is 5.48. The molecule has 0 atom stereocenters. The molecule has 1 aromatic heterocycles. The van der Waals surface area contributed by atoms with Crippen molar-refractivity contribution in [1.82, 2.24) is 0 Å². The Hall–Kier alpha value is -1.49. The molecule has 0 fully saturated rings. The molecule has 0 amide bonds. The molecule has 24 heavy (non-hydrogen) atoms. The first-order chi connectivity index (χ1) is 11.5. The SMILES string of the molecule is Cc1ccc(N=Cc2cc(Br)c(Sc3ccc(Cl)cc3)o2)c(C)c1. The van der Waals surface area contributed by atoms with Crippen molar-refractivity contribution in [3.05, 3.63) is 74.9 Å². The van der Waals surface area contributed by atoms with E-state index in [1.807, 2.05) is 36.4 Å². The van der Waals surface area contributed by atoms with Crippen molar-refractivity contribution in [3.8, 4) is 0 Å². The molecule has 1 heterocycles. The Balaban J connectivity index is 1.78. The van der Waals surface area contributed by atoms with Gasteiger partial charge in [0, 0.05) is 16.0 Å². The van der Waals surface area contributed by atoms with E-state index in [9.17, 15) is 0 Å². The highest BCUT2D eigenvalue weighted by Gasteiger charge is 2.10. The summed E-state index contributed by atoms with van der Waals surface area (Å²) < 4.78 is 6.77. The van der Waals surface area contributed by atoms with Crippen LogP contribution in [-0.2, 0) is 0 Å². The molecule has 0 spiro atoms. The van der Waals surface area contributed by atoms with Gasteiger partial charge in [0.25, 0.3) is 0 Å². The van der Waals surface area contributed by atoms with E-state index in [2.05, 4.69) is 46.9 Å². The zero-order chi connectivity index (χ0) is 17.1. The number of benzene rings is 2. The summed E-state index contributed by atoms with van der Waals surface area (Å²) in [6.45, 7) is 4.13. The minimum absolute atomic E-state index is 0.707. The molecule has 5 heteroatoms. The quantitative estimate of drug-likeness (QED) is 0.416. The minimum Gasteiger partial charge on any atom is -0.447 e. The number of furan rings is 1. The smallest absolute Gasteiger partial charge is 0.179 e. The Kier molecular flexibility index (Phi) is 5.49. The molecular weight excluding hydrogens is 406 g/mol. The van der Waals surface area contributed by atoms with Gasteiger partial charge in [0.2, 0.25) is 0 Å². The second-order valence-corrected chi connectivity index (χ2v) is 7.73. The van der Waals surface area contributed by atoms with Gasteiger partial charge in [-0.15, -0.1) is 0 Å². The molecule has 0 saturated carbocycles. The number of aliphatic imine (C=N–C) groups is 1. The lowest BCUT2D eigenvalue weighted by molar-refractivity contribution is 0.466. The lowest BCUT2D eigenvalue weighted by Gasteiger charge is -2.00. The van der Waals surface area contributed by atoms with Gasteiger partial charge in [0.15, 0.2) is 5.09 Å². The highest BCUT2D eigenvalue weighted by atomic mass is 79.9. The Morgan fingerprint density at radius 3 is 2.54 bits per heavy atom. The fraction of sp³-hybridized carbons (Fsp3) is 0.105. The highest BCUT2D eigenvalue weighted by Crippen LogP contribution is 2.36. The molecule has 0 aliphatic heterocycles. The van der Waals surface area contributed by atoms with Gasteiger partial charge >= 0.3 is 0 Å². The zero-order valence-corrected chi connectivity index (χ0v) is 16.4. The summed E-state index contributed by atoms with van der Waals surface area (Å²) in [7, 11) is 0. The molecular formula is C19H15BrClNOS. The Bertz CT molecular complexity index is 887. The number of halogens is 2. The summed E-state index contributed by atoms with van der Waals surface area (Å²) in [6.07, 6.45) is 1.74. The van der Waals surface area contributed by atoms with E-state index in [1.165, 1.54) is 17.3 Å². The van der Waals surface area contributed by atoms with E-state index in [1.54, 1.807) is 6.21 Å². The lowest BCUT2D eigenvalue weighted by Crippen LogP contribution is -1.79. The minimum atomic E-state index is 0.707. The van der Waals surface area contributed by atoms with Crippen LogP contribution in [0.2, 0.25) is 5.02 Å². The first-order valence-electron chi connectivity index (χ1n) is 7.35. The molecule has 0 aliphatic carbocycles. The largest absolute Gasteiger partial charge is 0.447 e. The van der Waals surface area contributed by atoms with Gasteiger partial charge in [-0.1, -0.05) is 41.1 Å². The lowest BCUT2D eigenvalue weighted by atomic mass is 10.1. The van der Waals surface area contributed by atoms with Crippen LogP contribution in [0.5, 0.6) is 0 Å². The van der Waals surface area contributed by atoms with Crippen molar-refractivity contribution in [2.45, 2.75) is 23.8 Å². The molecule has 3 aromatic rings. The number of rotatable bonds is 4. The zero-order valence-electron chi connectivity index (χ0n) is 13.2. The first kappa shape index (κ1) is 17.3. The van der Waals surface area contributed by atoms with Crippen molar-refractivity contribution < 1.29 is 4.42 Å². The molecule has 0 saturated heterocycles. The molecule has 0 radical (unpaired) electrons. The first-order valence-corrected chi connectivity index (χ1v) is 9.34. The molecule has 0 bridgehead atoms. The maximum absolute atomic E-state index is 5.91. The number of nitrogens with zero attached hydrogens (tertiary/aromatic N) is 1. The topological polar surface area (TPSA) is 25.5 Å². The summed E-state index contributed by atoms with van der Waals surface area (Å²) >= 11 is 11.0. The molecule has 0 N–H and O–H groups in total. The van der Waals surface area contributed by atoms with Crippen LogP contribution in [0.25, 0.3) is 0 Å². The van der Waals surface area contributed by atoms with Crippen molar-refractivity contribution in [3.63, 3.8) is 0 Å². The average molecular weight is 421 g/mol. The highest BCUT2D eigenvalue weighted by molar-refractivity contribution is 9.10. The maximum Gasteiger partial charge on any atom is 0.179 e. The van der Waals surface area contributed by atoms with Crippen LogP contribution < -0.4 is 0 Å². The van der Waals surface area contributed by atoms with Crippen LogP contribution in [0.1, 0.15) is 16.9 Å². The fourth-order valence-corrected chi connectivity index (χ4v) is 3.65. The third-order valence-electron chi connectivity index (χ3n) is 3.38. The Morgan fingerprint density at radius 2 is 1.83 bits per heavy atom. The van der Waals surface area contributed by atoms with Crippen molar-refractivity contribution in [2.24, 2.45) is 4.99 Å². The molecule has 3 rings (SSSR count). The predicted molar refractivity (Wildman–Crippen MR) is 105 cm³/mol. The number of aryl methyl sites for hydroxylation is 2. The van der Waals surface area contributed by atoms with Crippen LogP contribution in [0.15, 0.2) is 72.4 Å². The van der Waals surface area contributed by atoms with Crippen molar-refractivity contribution in [1.29, 1.82) is 0 Å².